The Bertz CT molecular complexity index is 679. The quantitative estimate of drug-likeness (QED) is 0.468. The molecular formula is C17H17IN2O2. The number of amides is 1. The van der Waals surface area contributed by atoms with Crippen molar-refractivity contribution in [3.63, 3.8) is 0 Å². The minimum Gasteiger partial charge on any atom is -0.484 e. The first-order valence-corrected chi connectivity index (χ1v) is 7.89. The van der Waals surface area contributed by atoms with Gasteiger partial charge in [0.1, 0.15) is 5.75 Å². The standard InChI is InChI=1S/C17H17IN2O2/c1-12-6-13(2)8-16(7-12)22-11-17(21)20-19-10-14-4-3-5-15(18)9-14/h3-10H,11H2,1-2H3,(H,20,21)/b19-10+. The van der Waals surface area contributed by atoms with Crippen LogP contribution in [0.5, 0.6) is 5.75 Å². The molecule has 0 aliphatic carbocycles. The maximum Gasteiger partial charge on any atom is 0.277 e. The molecule has 22 heavy (non-hydrogen) atoms. The average molecular weight is 408 g/mol. The molecule has 0 unspecified atom stereocenters. The van der Waals surface area contributed by atoms with Crippen LogP contribution in [0, 0.1) is 17.4 Å². The lowest BCUT2D eigenvalue weighted by atomic mass is 10.1. The molecule has 5 heteroatoms. The average Bonchev–Trinajstić information content (AvgIpc) is 2.44. The van der Waals surface area contributed by atoms with Crippen molar-refractivity contribution in [1.29, 1.82) is 0 Å². The highest BCUT2D eigenvalue weighted by Gasteiger charge is 2.02. The summed E-state index contributed by atoms with van der Waals surface area (Å²) < 4.78 is 6.58. The van der Waals surface area contributed by atoms with Gasteiger partial charge in [-0.2, -0.15) is 5.10 Å². The van der Waals surface area contributed by atoms with E-state index >= 15 is 0 Å². The summed E-state index contributed by atoms with van der Waals surface area (Å²) in [5.74, 6) is 0.398. The minimum absolute atomic E-state index is 0.0629. The Balaban J connectivity index is 1.83. The van der Waals surface area contributed by atoms with Gasteiger partial charge in [-0.3, -0.25) is 4.79 Å². The van der Waals surface area contributed by atoms with E-state index in [9.17, 15) is 4.79 Å². The lowest BCUT2D eigenvalue weighted by Crippen LogP contribution is -2.24. The van der Waals surface area contributed by atoms with E-state index in [-0.39, 0.29) is 12.5 Å². The van der Waals surface area contributed by atoms with Gasteiger partial charge in [0.2, 0.25) is 0 Å². The summed E-state index contributed by atoms with van der Waals surface area (Å²) in [6.45, 7) is 3.92. The van der Waals surface area contributed by atoms with Crippen LogP contribution in [0.25, 0.3) is 0 Å². The first kappa shape index (κ1) is 16.5. The number of benzene rings is 2. The van der Waals surface area contributed by atoms with Crippen LogP contribution in [0.4, 0.5) is 0 Å². The molecule has 0 radical (unpaired) electrons. The van der Waals surface area contributed by atoms with Crippen molar-refractivity contribution in [3.8, 4) is 5.75 Å². The molecule has 2 aromatic rings. The molecule has 0 spiro atoms. The molecule has 2 aromatic carbocycles. The third-order valence-corrected chi connectivity index (χ3v) is 3.49. The molecule has 1 N–H and O–H groups in total. The van der Waals surface area contributed by atoms with Crippen molar-refractivity contribution in [1.82, 2.24) is 5.43 Å². The van der Waals surface area contributed by atoms with Gasteiger partial charge in [-0.15, -0.1) is 0 Å². The summed E-state index contributed by atoms with van der Waals surface area (Å²) in [4.78, 5) is 11.7. The lowest BCUT2D eigenvalue weighted by Gasteiger charge is -2.07. The topological polar surface area (TPSA) is 50.7 Å². The zero-order valence-corrected chi connectivity index (χ0v) is 14.6. The molecule has 0 aliphatic rings. The molecular weight excluding hydrogens is 391 g/mol. The second-order valence-electron chi connectivity index (χ2n) is 4.96. The Morgan fingerprint density at radius 2 is 1.95 bits per heavy atom. The number of aryl methyl sites for hydroxylation is 2. The number of halogens is 1. The van der Waals surface area contributed by atoms with Gasteiger partial charge < -0.3 is 4.74 Å². The Kier molecular flexibility index (Phi) is 5.94. The highest BCUT2D eigenvalue weighted by molar-refractivity contribution is 14.1. The van der Waals surface area contributed by atoms with E-state index in [1.54, 1.807) is 6.21 Å². The van der Waals surface area contributed by atoms with Gasteiger partial charge in [0, 0.05) is 3.57 Å². The number of nitrogens with zero attached hydrogens (tertiary/aromatic N) is 1. The van der Waals surface area contributed by atoms with Gasteiger partial charge in [0.15, 0.2) is 6.61 Å². The van der Waals surface area contributed by atoms with Crippen LogP contribution in [-0.4, -0.2) is 18.7 Å². The summed E-state index contributed by atoms with van der Waals surface area (Å²) in [6, 6.07) is 13.7. The summed E-state index contributed by atoms with van der Waals surface area (Å²) in [6.07, 6.45) is 1.61. The molecule has 4 nitrogen and oxygen atoms in total. The fourth-order valence-electron chi connectivity index (χ4n) is 1.96. The number of carbonyl (C=O) groups is 1. The molecule has 0 saturated carbocycles. The van der Waals surface area contributed by atoms with Crippen LogP contribution in [0.3, 0.4) is 0 Å². The zero-order chi connectivity index (χ0) is 15.9. The molecule has 0 bridgehead atoms. The molecule has 0 atom stereocenters. The number of rotatable bonds is 5. The minimum atomic E-state index is -0.291. The third-order valence-electron chi connectivity index (χ3n) is 2.82. The van der Waals surface area contributed by atoms with Crippen molar-refractivity contribution in [2.75, 3.05) is 6.61 Å². The van der Waals surface area contributed by atoms with Crippen molar-refractivity contribution in [2.45, 2.75) is 13.8 Å². The molecule has 0 aromatic heterocycles. The second kappa shape index (κ2) is 7.93. The van der Waals surface area contributed by atoms with Gasteiger partial charge in [0.05, 0.1) is 6.21 Å². The van der Waals surface area contributed by atoms with E-state index in [1.165, 1.54) is 0 Å². The van der Waals surface area contributed by atoms with Crippen LogP contribution in [0.1, 0.15) is 16.7 Å². The first-order chi connectivity index (χ1) is 10.5. The first-order valence-electron chi connectivity index (χ1n) is 6.81. The number of hydrogen-bond acceptors (Lipinski definition) is 3. The Morgan fingerprint density at radius 1 is 1.23 bits per heavy atom. The van der Waals surface area contributed by atoms with Gasteiger partial charge in [0.25, 0.3) is 5.91 Å². The number of ether oxygens (including phenoxy) is 1. The van der Waals surface area contributed by atoms with Crippen molar-refractivity contribution < 1.29 is 9.53 Å². The SMILES string of the molecule is Cc1cc(C)cc(OCC(=O)N/N=C/c2cccc(I)c2)c1. The Labute approximate surface area is 143 Å². The van der Waals surface area contributed by atoms with E-state index in [1.807, 2.05) is 50.2 Å². The highest BCUT2D eigenvalue weighted by Crippen LogP contribution is 2.15. The van der Waals surface area contributed by atoms with E-state index in [0.29, 0.717) is 5.75 Å². The monoisotopic (exact) mass is 408 g/mol. The van der Waals surface area contributed by atoms with E-state index < -0.39 is 0 Å². The predicted octanol–water partition coefficient (Wildman–Crippen LogP) is 3.44. The summed E-state index contributed by atoms with van der Waals surface area (Å²) in [5, 5.41) is 3.92. The molecule has 114 valence electrons. The number of hydrogen-bond donors (Lipinski definition) is 1. The third kappa shape index (κ3) is 5.48. The summed E-state index contributed by atoms with van der Waals surface area (Å²) in [7, 11) is 0. The smallest absolute Gasteiger partial charge is 0.277 e. The number of carbonyl (C=O) groups excluding carboxylic acids is 1. The van der Waals surface area contributed by atoms with Gasteiger partial charge in [-0.05, 0) is 77.4 Å². The molecule has 1 amide bonds. The maximum atomic E-state index is 11.7. The fraction of sp³-hybridized carbons (Fsp3) is 0.176. The zero-order valence-electron chi connectivity index (χ0n) is 12.5. The van der Waals surface area contributed by atoms with Crippen LogP contribution < -0.4 is 10.2 Å². The highest BCUT2D eigenvalue weighted by atomic mass is 127. The molecule has 2 rings (SSSR count). The lowest BCUT2D eigenvalue weighted by molar-refractivity contribution is -0.123. The van der Waals surface area contributed by atoms with Crippen molar-refractivity contribution >= 4 is 34.7 Å². The molecule has 0 fully saturated rings. The van der Waals surface area contributed by atoms with Crippen molar-refractivity contribution in [3.05, 3.63) is 62.7 Å². The van der Waals surface area contributed by atoms with Crippen LogP contribution in [0.2, 0.25) is 0 Å². The molecule has 0 saturated heterocycles. The predicted molar refractivity (Wildman–Crippen MR) is 96.3 cm³/mol. The summed E-state index contributed by atoms with van der Waals surface area (Å²) in [5.41, 5.74) is 5.59. The van der Waals surface area contributed by atoms with Gasteiger partial charge in [-0.25, -0.2) is 5.43 Å². The number of hydrazone groups is 1. The van der Waals surface area contributed by atoms with Crippen LogP contribution >= 0.6 is 22.6 Å². The largest absolute Gasteiger partial charge is 0.484 e. The molecule has 0 heterocycles. The van der Waals surface area contributed by atoms with Crippen molar-refractivity contribution in [2.24, 2.45) is 5.10 Å². The maximum absolute atomic E-state index is 11.7. The second-order valence-corrected chi connectivity index (χ2v) is 6.21. The van der Waals surface area contributed by atoms with Crippen LogP contribution in [-0.2, 0) is 4.79 Å². The van der Waals surface area contributed by atoms with Gasteiger partial charge >= 0.3 is 0 Å². The Morgan fingerprint density at radius 3 is 2.64 bits per heavy atom. The molecule has 0 aliphatic heterocycles. The number of nitrogens with one attached hydrogen (secondary N) is 1. The summed E-state index contributed by atoms with van der Waals surface area (Å²) >= 11 is 2.23. The normalized spacial score (nSPS) is 10.7. The fourth-order valence-corrected chi connectivity index (χ4v) is 2.53. The van der Waals surface area contributed by atoms with E-state index in [4.69, 9.17) is 4.74 Å². The Hall–Kier alpha value is -1.89. The van der Waals surface area contributed by atoms with E-state index in [0.717, 1.165) is 20.3 Å². The van der Waals surface area contributed by atoms with Crippen LogP contribution in [0.15, 0.2) is 47.6 Å². The van der Waals surface area contributed by atoms with E-state index in [2.05, 4.69) is 39.2 Å². The van der Waals surface area contributed by atoms with Gasteiger partial charge in [-0.1, -0.05) is 18.2 Å².